The Balaban J connectivity index is 1.81. The van der Waals surface area contributed by atoms with Crippen molar-refractivity contribution in [2.24, 2.45) is 0 Å². The smallest absolute Gasteiger partial charge is 0.226 e. The average Bonchev–Trinajstić information content (AvgIpc) is 3.04. The van der Waals surface area contributed by atoms with E-state index in [1.54, 1.807) is 24.1 Å². The van der Waals surface area contributed by atoms with E-state index in [0.29, 0.717) is 11.6 Å². The molecule has 25 heavy (non-hydrogen) atoms. The third-order valence-electron chi connectivity index (χ3n) is 4.36. The number of methoxy groups -OCH3 is 1. The highest BCUT2D eigenvalue weighted by atomic mass is 19.1. The monoisotopic (exact) mass is 337 g/mol. The van der Waals surface area contributed by atoms with Crippen LogP contribution in [-0.4, -0.2) is 22.6 Å². The van der Waals surface area contributed by atoms with Gasteiger partial charge >= 0.3 is 0 Å². The molecule has 0 saturated heterocycles. The second-order valence-corrected chi connectivity index (χ2v) is 5.91. The Kier molecular flexibility index (Phi) is 3.72. The van der Waals surface area contributed by atoms with Gasteiger partial charge in [-0.15, -0.1) is 0 Å². The van der Waals surface area contributed by atoms with Crippen LogP contribution in [0.4, 0.5) is 10.2 Å². The van der Waals surface area contributed by atoms with E-state index in [-0.39, 0.29) is 24.1 Å². The van der Waals surface area contributed by atoms with Gasteiger partial charge in [0.2, 0.25) is 5.91 Å². The molecule has 0 bridgehead atoms. The van der Waals surface area contributed by atoms with E-state index in [4.69, 9.17) is 4.74 Å². The number of amides is 1. The molecule has 0 radical (unpaired) electrons. The second kappa shape index (κ2) is 6.05. The first-order valence-electron chi connectivity index (χ1n) is 7.92. The van der Waals surface area contributed by atoms with Gasteiger partial charge in [0.25, 0.3) is 0 Å². The van der Waals surface area contributed by atoms with Crippen molar-refractivity contribution in [2.75, 3.05) is 12.4 Å². The molecule has 0 spiro atoms. The second-order valence-electron chi connectivity index (χ2n) is 5.91. The third kappa shape index (κ3) is 2.76. The van der Waals surface area contributed by atoms with Crippen LogP contribution in [0.15, 0.2) is 54.9 Å². The Hall–Kier alpha value is -3.15. The molecule has 0 fully saturated rings. The molecule has 1 aromatic heterocycles. The molecule has 1 amide bonds. The molecule has 6 heteroatoms. The van der Waals surface area contributed by atoms with Gasteiger partial charge in [0.1, 0.15) is 23.7 Å². The summed E-state index contributed by atoms with van der Waals surface area (Å²) in [6.45, 7) is 0. The molecule has 1 atom stereocenters. The predicted molar refractivity (Wildman–Crippen MR) is 91.6 cm³/mol. The Morgan fingerprint density at radius 1 is 1.24 bits per heavy atom. The lowest BCUT2D eigenvalue weighted by Gasteiger charge is -2.23. The van der Waals surface area contributed by atoms with Gasteiger partial charge in [-0.2, -0.15) is 0 Å². The summed E-state index contributed by atoms with van der Waals surface area (Å²) in [6, 6.07) is 13.8. The number of hydrogen-bond donors (Lipinski definition) is 1. The summed E-state index contributed by atoms with van der Waals surface area (Å²) < 4.78 is 20.7. The Labute approximate surface area is 144 Å². The summed E-state index contributed by atoms with van der Waals surface area (Å²) >= 11 is 0. The van der Waals surface area contributed by atoms with E-state index in [1.807, 2.05) is 30.3 Å². The van der Waals surface area contributed by atoms with Crippen LogP contribution in [0.2, 0.25) is 0 Å². The summed E-state index contributed by atoms with van der Waals surface area (Å²) in [5.74, 6) is 0.609. The number of anilines is 1. The van der Waals surface area contributed by atoms with Gasteiger partial charge in [-0.3, -0.25) is 9.36 Å². The van der Waals surface area contributed by atoms with Gasteiger partial charge in [-0.05, 0) is 29.8 Å². The van der Waals surface area contributed by atoms with Crippen LogP contribution in [0.3, 0.4) is 0 Å². The predicted octanol–water partition coefficient (Wildman–Crippen LogP) is 3.49. The zero-order valence-corrected chi connectivity index (χ0v) is 13.6. The largest absolute Gasteiger partial charge is 0.497 e. The lowest BCUT2D eigenvalue weighted by molar-refractivity contribution is -0.116. The highest BCUT2D eigenvalue weighted by molar-refractivity contribution is 5.94. The fourth-order valence-electron chi connectivity index (χ4n) is 3.16. The van der Waals surface area contributed by atoms with Crippen LogP contribution in [-0.2, 0) is 4.79 Å². The number of aromatic nitrogens is 2. The van der Waals surface area contributed by atoms with Crippen LogP contribution in [0.25, 0.3) is 5.69 Å². The summed E-state index contributed by atoms with van der Waals surface area (Å²) in [4.78, 5) is 16.7. The number of nitrogens with zero attached hydrogens (tertiary/aromatic N) is 2. The molecule has 126 valence electrons. The van der Waals surface area contributed by atoms with Gasteiger partial charge in [0.05, 0.1) is 18.5 Å². The van der Waals surface area contributed by atoms with Crippen molar-refractivity contribution < 1.29 is 13.9 Å². The van der Waals surface area contributed by atoms with Crippen LogP contribution in [0.5, 0.6) is 5.75 Å². The molecule has 2 heterocycles. The lowest BCUT2D eigenvalue weighted by atomic mass is 9.90. The van der Waals surface area contributed by atoms with Crippen molar-refractivity contribution in [3.05, 3.63) is 71.9 Å². The third-order valence-corrected chi connectivity index (χ3v) is 4.36. The molecule has 1 unspecified atom stereocenters. The van der Waals surface area contributed by atoms with Crippen molar-refractivity contribution in [3.8, 4) is 11.4 Å². The van der Waals surface area contributed by atoms with Crippen molar-refractivity contribution >= 4 is 11.7 Å². The normalized spacial score (nSPS) is 16.2. The van der Waals surface area contributed by atoms with Crippen molar-refractivity contribution in [1.29, 1.82) is 0 Å². The van der Waals surface area contributed by atoms with Gasteiger partial charge in [0, 0.05) is 18.4 Å². The maximum absolute atomic E-state index is 13.6. The van der Waals surface area contributed by atoms with Gasteiger partial charge in [-0.1, -0.05) is 18.2 Å². The van der Waals surface area contributed by atoms with Gasteiger partial charge < -0.3 is 10.1 Å². The number of carbonyl (C=O) groups is 1. The quantitative estimate of drug-likeness (QED) is 0.796. The first-order chi connectivity index (χ1) is 12.2. The number of rotatable bonds is 3. The zero-order chi connectivity index (χ0) is 17.4. The Morgan fingerprint density at radius 3 is 2.88 bits per heavy atom. The maximum Gasteiger partial charge on any atom is 0.226 e. The molecule has 4 rings (SSSR count). The van der Waals surface area contributed by atoms with E-state index < -0.39 is 0 Å². The summed E-state index contributed by atoms with van der Waals surface area (Å²) in [5.41, 5.74) is 2.30. The minimum Gasteiger partial charge on any atom is -0.497 e. The number of imidazole rings is 1. The molecule has 2 aromatic carbocycles. The van der Waals surface area contributed by atoms with Crippen LogP contribution in [0.1, 0.15) is 23.6 Å². The van der Waals surface area contributed by atoms with Crippen molar-refractivity contribution in [3.63, 3.8) is 0 Å². The van der Waals surface area contributed by atoms with E-state index in [9.17, 15) is 9.18 Å². The molecule has 5 nitrogen and oxygen atoms in total. The van der Waals surface area contributed by atoms with Crippen LogP contribution in [0, 0.1) is 5.82 Å². The van der Waals surface area contributed by atoms with Crippen molar-refractivity contribution in [2.45, 2.75) is 12.3 Å². The summed E-state index contributed by atoms with van der Waals surface area (Å²) in [6.07, 6.45) is 1.91. The molecule has 1 aliphatic heterocycles. The molecule has 3 aromatic rings. The van der Waals surface area contributed by atoms with E-state index in [0.717, 1.165) is 16.9 Å². The highest BCUT2D eigenvalue weighted by Gasteiger charge is 2.31. The Morgan fingerprint density at radius 2 is 2.08 bits per heavy atom. The average molecular weight is 337 g/mol. The number of ether oxygens (including phenoxy) is 1. The SMILES string of the molecule is COc1cccc(-n2cnc3c2NC(=O)CC3c2cccc(F)c2)c1. The maximum atomic E-state index is 13.6. The van der Waals surface area contributed by atoms with E-state index >= 15 is 0 Å². The molecular weight excluding hydrogens is 321 g/mol. The minimum atomic E-state index is -0.322. The highest BCUT2D eigenvalue weighted by Crippen LogP contribution is 2.37. The number of hydrogen-bond acceptors (Lipinski definition) is 3. The first-order valence-corrected chi connectivity index (χ1v) is 7.92. The number of carbonyl (C=O) groups excluding carboxylic acids is 1. The molecule has 1 aliphatic rings. The number of fused-ring (bicyclic) bond motifs is 1. The standard InChI is InChI=1S/C19H16FN3O2/c1-25-15-7-3-6-14(9-15)23-11-21-18-16(10-17(24)22-19(18)23)12-4-2-5-13(20)8-12/h2-9,11,16H,10H2,1H3,(H,22,24). The lowest BCUT2D eigenvalue weighted by Crippen LogP contribution is -2.25. The number of nitrogens with one attached hydrogen (secondary N) is 1. The fraction of sp³-hybridized carbons (Fsp3) is 0.158. The summed E-state index contributed by atoms with van der Waals surface area (Å²) in [7, 11) is 1.60. The fourth-order valence-corrected chi connectivity index (χ4v) is 3.16. The molecular formula is C19H16FN3O2. The van der Waals surface area contributed by atoms with Gasteiger partial charge in [0.15, 0.2) is 0 Å². The first kappa shape index (κ1) is 15.4. The van der Waals surface area contributed by atoms with Crippen LogP contribution >= 0.6 is 0 Å². The topological polar surface area (TPSA) is 56.1 Å². The Bertz CT molecular complexity index is 951. The van der Waals surface area contributed by atoms with E-state index in [2.05, 4.69) is 10.3 Å². The van der Waals surface area contributed by atoms with E-state index in [1.165, 1.54) is 12.1 Å². The number of halogens is 1. The molecule has 0 saturated carbocycles. The zero-order valence-electron chi connectivity index (χ0n) is 13.6. The van der Waals surface area contributed by atoms with Crippen LogP contribution < -0.4 is 10.1 Å². The molecule has 0 aliphatic carbocycles. The number of benzene rings is 2. The molecule has 1 N–H and O–H groups in total. The summed E-state index contributed by atoms with van der Waals surface area (Å²) in [5, 5.41) is 2.89. The van der Waals surface area contributed by atoms with Gasteiger partial charge in [-0.25, -0.2) is 9.37 Å². The van der Waals surface area contributed by atoms with Crippen molar-refractivity contribution in [1.82, 2.24) is 9.55 Å². The minimum absolute atomic E-state index is 0.119.